The van der Waals surface area contributed by atoms with Crippen LogP contribution in [0.15, 0.2) is 60.6 Å². The van der Waals surface area contributed by atoms with Gasteiger partial charge in [0, 0.05) is 23.3 Å². The highest BCUT2D eigenvalue weighted by Crippen LogP contribution is 2.33. The molecule has 1 amide bonds. The zero-order chi connectivity index (χ0) is 20.9. The second kappa shape index (κ2) is 8.75. The predicted octanol–water partition coefficient (Wildman–Crippen LogP) is 3.59. The van der Waals surface area contributed by atoms with Gasteiger partial charge in [0.25, 0.3) is 0 Å². The van der Waals surface area contributed by atoms with E-state index in [1.807, 2.05) is 29.6 Å². The first-order valence-electron chi connectivity index (χ1n) is 9.07. The number of carbonyl (C=O) groups excluding carboxylic acids is 1. The number of benzene rings is 1. The van der Waals surface area contributed by atoms with Gasteiger partial charge in [-0.25, -0.2) is 15.0 Å². The molecule has 0 unspecified atom stereocenters. The van der Waals surface area contributed by atoms with Crippen LogP contribution >= 0.6 is 11.3 Å². The van der Waals surface area contributed by atoms with Crippen molar-refractivity contribution in [3.8, 4) is 27.9 Å². The van der Waals surface area contributed by atoms with E-state index in [2.05, 4.69) is 20.3 Å². The van der Waals surface area contributed by atoms with Crippen molar-refractivity contribution in [1.29, 1.82) is 0 Å². The van der Waals surface area contributed by atoms with Gasteiger partial charge in [-0.2, -0.15) is 0 Å². The van der Waals surface area contributed by atoms with Gasteiger partial charge < -0.3 is 14.8 Å². The number of hydrogen-bond donors (Lipinski definition) is 1. The number of hydrogen-bond acceptors (Lipinski definition) is 7. The second-order valence-corrected chi connectivity index (χ2v) is 7.17. The maximum atomic E-state index is 12.4. The number of imidazole rings is 1. The summed E-state index contributed by atoms with van der Waals surface area (Å²) in [5, 5.41) is 5.54. The molecule has 4 rings (SSSR count). The Hall–Kier alpha value is -3.72. The number of rotatable bonds is 7. The molecule has 8 nitrogen and oxygen atoms in total. The summed E-state index contributed by atoms with van der Waals surface area (Å²) in [5.41, 5.74) is 2.23. The van der Waals surface area contributed by atoms with Crippen LogP contribution in [0, 0.1) is 0 Å². The molecule has 0 spiro atoms. The van der Waals surface area contributed by atoms with E-state index >= 15 is 0 Å². The van der Waals surface area contributed by atoms with E-state index in [1.54, 1.807) is 49.8 Å². The molecular weight excluding hydrogens is 402 g/mol. The van der Waals surface area contributed by atoms with Crippen molar-refractivity contribution in [2.45, 2.75) is 6.42 Å². The number of amides is 1. The number of aromatic nitrogens is 4. The molecule has 0 atom stereocenters. The van der Waals surface area contributed by atoms with Crippen molar-refractivity contribution in [2.24, 2.45) is 0 Å². The molecule has 0 aliphatic carbocycles. The molecule has 30 heavy (non-hydrogen) atoms. The van der Waals surface area contributed by atoms with Crippen LogP contribution in [0.5, 0.6) is 11.5 Å². The van der Waals surface area contributed by atoms with Crippen molar-refractivity contribution in [3.05, 3.63) is 66.3 Å². The quantitative estimate of drug-likeness (QED) is 0.490. The topological polar surface area (TPSA) is 91.2 Å². The number of anilines is 1. The summed E-state index contributed by atoms with van der Waals surface area (Å²) < 4.78 is 12.4. The molecular formula is C21H19N5O3S. The molecule has 0 radical (unpaired) electrons. The Kier molecular flexibility index (Phi) is 5.71. The zero-order valence-corrected chi connectivity index (χ0v) is 17.2. The third kappa shape index (κ3) is 4.31. The molecule has 1 N–H and O–H groups in total. The second-order valence-electron chi connectivity index (χ2n) is 6.31. The van der Waals surface area contributed by atoms with Crippen molar-refractivity contribution in [2.75, 3.05) is 19.5 Å². The molecule has 1 aromatic carbocycles. The molecule has 0 bridgehead atoms. The number of ether oxygens (including phenoxy) is 2. The lowest BCUT2D eigenvalue weighted by atomic mass is 10.2. The minimum Gasteiger partial charge on any atom is -0.493 e. The van der Waals surface area contributed by atoms with Crippen molar-refractivity contribution in [3.63, 3.8) is 0 Å². The molecule has 0 saturated carbocycles. The van der Waals surface area contributed by atoms with Gasteiger partial charge in [-0.15, -0.1) is 11.3 Å². The fourth-order valence-electron chi connectivity index (χ4n) is 2.87. The van der Waals surface area contributed by atoms with E-state index in [0.717, 1.165) is 16.4 Å². The van der Waals surface area contributed by atoms with Gasteiger partial charge in [0.05, 0.1) is 38.2 Å². The molecule has 9 heteroatoms. The van der Waals surface area contributed by atoms with Gasteiger partial charge >= 0.3 is 0 Å². The Morgan fingerprint density at radius 3 is 2.73 bits per heavy atom. The highest BCUT2D eigenvalue weighted by Gasteiger charge is 2.12. The molecule has 152 valence electrons. The van der Waals surface area contributed by atoms with Crippen LogP contribution in [0.4, 0.5) is 5.69 Å². The molecule has 0 aliphatic heterocycles. The smallest absolute Gasteiger partial charge is 0.230 e. The Bertz CT molecular complexity index is 1140. The van der Waals surface area contributed by atoms with Gasteiger partial charge in [0.15, 0.2) is 11.5 Å². The lowest BCUT2D eigenvalue weighted by Crippen LogP contribution is -2.14. The molecule has 0 fully saturated rings. The predicted molar refractivity (Wildman–Crippen MR) is 114 cm³/mol. The SMILES string of the molecule is COc1ccc(-c2nc(CC(=O)Nc3ccc(-n4ccnc4)nc3)cs2)cc1OC. The zero-order valence-electron chi connectivity index (χ0n) is 16.4. The summed E-state index contributed by atoms with van der Waals surface area (Å²) in [7, 11) is 3.19. The first-order valence-corrected chi connectivity index (χ1v) is 9.95. The highest BCUT2D eigenvalue weighted by molar-refractivity contribution is 7.13. The van der Waals surface area contributed by atoms with Crippen LogP contribution in [0.1, 0.15) is 5.69 Å². The summed E-state index contributed by atoms with van der Waals surface area (Å²) in [6.45, 7) is 0. The standard InChI is InChI=1S/C21H19N5O3S/c1-28-17-5-3-14(9-18(17)29-2)21-25-16(12-30-21)10-20(27)24-15-4-6-19(23-11-15)26-8-7-22-13-26/h3-9,11-13H,10H2,1-2H3,(H,24,27). The largest absolute Gasteiger partial charge is 0.493 e. The van der Waals surface area contributed by atoms with Gasteiger partial charge in [0.2, 0.25) is 5.91 Å². The van der Waals surface area contributed by atoms with Gasteiger partial charge in [-0.05, 0) is 30.3 Å². The van der Waals surface area contributed by atoms with E-state index in [4.69, 9.17) is 9.47 Å². The van der Waals surface area contributed by atoms with Gasteiger partial charge in [-0.3, -0.25) is 9.36 Å². The van der Waals surface area contributed by atoms with Crippen LogP contribution in [-0.4, -0.2) is 39.6 Å². The average Bonchev–Trinajstić information content (AvgIpc) is 3.46. The summed E-state index contributed by atoms with van der Waals surface area (Å²) in [6.07, 6.45) is 6.94. The van der Waals surface area contributed by atoms with Crippen LogP contribution in [0.2, 0.25) is 0 Å². The summed E-state index contributed by atoms with van der Waals surface area (Å²) >= 11 is 1.48. The Labute approximate surface area is 177 Å². The number of methoxy groups -OCH3 is 2. The highest BCUT2D eigenvalue weighted by atomic mass is 32.1. The van der Waals surface area contributed by atoms with Crippen molar-refractivity contribution >= 4 is 22.9 Å². The van der Waals surface area contributed by atoms with Gasteiger partial charge in [-0.1, -0.05) is 0 Å². The summed E-state index contributed by atoms with van der Waals surface area (Å²) in [6, 6.07) is 9.24. The molecule has 0 aliphatic rings. The average molecular weight is 421 g/mol. The van der Waals surface area contributed by atoms with Crippen LogP contribution < -0.4 is 14.8 Å². The Morgan fingerprint density at radius 1 is 1.17 bits per heavy atom. The first kappa shape index (κ1) is 19.6. The lowest BCUT2D eigenvalue weighted by molar-refractivity contribution is -0.115. The molecule has 3 aromatic heterocycles. The van der Waals surface area contributed by atoms with E-state index in [0.29, 0.717) is 22.9 Å². The number of pyridine rings is 1. The Balaban J connectivity index is 1.40. The number of nitrogens with one attached hydrogen (secondary N) is 1. The molecule has 0 saturated heterocycles. The number of thiazole rings is 1. The molecule has 3 heterocycles. The fourth-order valence-corrected chi connectivity index (χ4v) is 3.68. The van der Waals surface area contributed by atoms with Crippen molar-refractivity contribution in [1.82, 2.24) is 19.5 Å². The lowest BCUT2D eigenvalue weighted by Gasteiger charge is -2.08. The third-order valence-electron chi connectivity index (χ3n) is 4.32. The monoisotopic (exact) mass is 421 g/mol. The molecule has 4 aromatic rings. The maximum absolute atomic E-state index is 12.4. The number of nitrogens with zero attached hydrogens (tertiary/aromatic N) is 4. The first-order chi connectivity index (χ1) is 14.7. The van der Waals surface area contributed by atoms with E-state index in [1.165, 1.54) is 11.3 Å². The normalized spacial score (nSPS) is 10.6. The van der Waals surface area contributed by atoms with Crippen LogP contribution in [-0.2, 0) is 11.2 Å². The fraction of sp³-hybridized carbons (Fsp3) is 0.143. The summed E-state index contributed by atoms with van der Waals surface area (Å²) in [4.78, 5) is 25.3. The maximum Gasteiger partial charge on any atom is 0.230 e. The Morgan fingerprint density at radius 2 is 2.03 bits per heavy atom. The number of carbonyl (C=O) groups is 1. The minimum atomic E-state index is -0.156. The third-order valence-corrected chi connectivity index (χ3v) is 5.26. The summed E-state index contributed by atoms with van der Waals surface area (Å²) in [5.74, 6) is 1.86. The van der Waals surface area contributed by atoms with E-state index in [9.17, 15) is 4.79 Å². The van der Waals surface area contributed by atoms with Crippen LogP contribution in [0.25, 0.3) is 16.4 Å². The van der Waals surface area contributed by atoms with E-state index < -0.39 is 0 Å². The van der Waals surface area contributed by atoms with Gasteiger partial charge in [0.1, 0.15) is 17.2 Å². The minimum absolute atomic E-state index is 0.156. The van der Waals surface area contributed by atoms with E-state index in [-0.39, 0.29) is 12.3 Å². The van der Waals surface area contributed by atoms with Crippen molar-refractivity contribution < 1.29 is 14.3 Å². The van der Waals surface area contributed by atoms with Crippen LogP contribution in [0.3, 0.4) is 0 Å².